The number of thioether (sulfide) groups is 1. The summed E-state index contributed by atoms with van der Waals surface area (Å²) in [7, 11) is 0. The van der Waals surface area contributed by atoms with Crippen molar-refractivity contribution in [3.8, 4) is 0 Å². The molecular formula is C20H22F2N2O2S. The molecule has 0 spiro atoms. The van der Waals surface area contributed by atoms with Gasteiger partial charge >= 0.3 is 0 Å². The Balaban J connectivity index is 1.41. The van der Waals surface area contributed by atoms with Crippen molar-refractivity contribution in [2.45, 2.75) is 18.0 Å². The van der Waals surface area contributed by atoms with Crippen LogP contribution >= 0.6 is 11.8 Å². The Hall–Kier alpha value is -1.96. The zero-order valence-corrected chi connectivity index (χ0v) is 15.7. The maximum absolute atomic E-state index is 13.6. The van der Waals surface area contributed by atoms with E-state index in [1.807, 2.05) is 12.1 Å². The molecule has 144 valence electrons. The first-order valence-electron chi connectivity index (χ1n) is 8.82. The molecule has 1 fully saturated rings. The van der Waals surface area contributed by atoms with Crippen LogP contribution in [0.25, 0.3) is 0 Å². The Morgan fingerprint density at radius 3 is 2.48 bits per heavy atom. The van der Waals surface area contributed by atoms with Crippen LogP contribution in [0.2, 0.25) is 0 Å². The lowest BCUT2D eigenvalue weighted by Gasteiger charge is -2.26. The SMILES string of the molecule is O=C(CSc1ccc(F)cc1F)NCc1ccc(CN2CCOCC2)cc1. The van der Waals surface area contributed by atoms with Crippen LogP contribution < -0.4 is 5.32 Å². The third kappa shape index (κ3) is 6.30. The lowest BCUT2D eigenvalue weighted by Crippen LogP contribution is -2.35. The molecule has 0 saturated carbocycles. The van der Waals surface area contributed by atoms with Crippen LogP contribution in [0, 0.1) is 11.6 Å². The fourth-order valence-electron chi connectivity index (χ4n) is 2.77. The summed E-state index contributed by atoms with van der Waals surface area (Å²) < 4.78 is 31.8. The highest BCUT2D eigenvalue weighted by atomic mass is 32.2. The molecular weight excluding hydrogens is 370 g/mol. The number of morpholine rings is 1. The molecule has 1 amide bonds. The van der Waals surface area contributed by atoms with E-state index < -0.39 is 11.6 Å². The molecule has 1 N–H and O–H groups in total. The maximum Gasteiger partial charge on any atom is 0.230 e. The minimum absolute atomic E-state index is 0.0810. The number of carbonyl (C=O) groups is 1. The second kappa shape index (κ2) is 9.82. The summed E-state index contributed by atoms with van der Waals surface area (Å²) in [6.45, 7) is 4.78. The number of carbonyl (C=O) groups excluding carboxylic acids is 1. The van der Waals surface area contributed by atoms with E-state index in [0.717, 1.165) is 56.2 Å². The average molecular weight is 392 g/mol. The molecule has 1 aliphatic rings. The van der Waals surface area contributed by atoms with E-state index in [-0.39, 0.29) is 16.6 Å². The first-order chi connectivity index (χ1) is 13.1. The highest BCUT2D eigenvalue weighted by Gasteiger charge is 2.11. The lowest BCUT2D eigenvalue weighted by atomic mass is 10.1. The van der Waals surface area contributed by atoms with Gasteiger partial charge in [-0.05, 0) is 23.3 Å². The molecule has 1 aliphatic heterocycles. The minimum Gasteiger partial charge on any atom is -0.379 e. The van der Waals surface area contributed by atoms with E-state index in [1.165, 1.54) is 17.7 Å². The van der Waals surface area contributed by atoms with E-state index in [2.05, 4.69) is 22.3 Å². The van der Waals surface area contributed by atoms with Gasteiger partial charge in [0.25, 0.3) is 0 Å². The number of halogens is 2. The number of nitrogens with one attached hydrogen (secondary N) is 1. The first kappa shape index (κ1) is 19.8. The van der Waals surface area contributed by atoms with Gasteiger partial charge < -0.3 is 10.1 Å². The third-order valence-electron chi connectivity index (χ3n) is 4.28. The molecule has 0 radical (unpaired) electrons. The molecule has 0 aliphatic carbocycles. The third-order valence-corrected chi connectivity index (χ3v) is 5.32. The second-order valence-electron chi connectivity index (χ2n) is 6.35. The molecule has 3 rings (SSSR count). The van der Waals surface area contributed by atoms with Crippen LogP contribution in [-0.2, 0) is 22.6 Å². The predicted molar refractivity (Wildman–Crippen MR) is 101 cm³/mol. The highest BCUT2D eigenvalue weighted by Crippen LogP contribution is 2.22. The minimum atomic E-state index is -0.649. The summed E-state index contributed by atoms with van der Waals surface area (Å²) in [5, 5.41) is 2.82. The van der Waals surface area contributed by atoms with Crippen molar-refractivity contribution >= 4 is 17.7 Å². The van der Waals surface area contributed by atoms with Gasteiger partial charge in [0.1, 0.15) is 11.6 Å². The topological polar surface area (TPSA) is 41.6 Å². The molecule has 1 heterocycles. The smallest absolute Gasteiger partial charge is 0.230 e. The van der Waals surface area contributed by atoms with Crippen molar-refractivity contribution in [2.75, 3.05) is 32.1 Å². The molecule has 0 unspecified atom stereocenters. The van der Waals surface area contributed by atoms with Gasteiger partial charge in [-0.3, -0.25) is 9.69 Å². The predicted octanol–water partition coefficient (Wildman–Crippen LogP) is 3.21. The Kier molecular flexibility index (Phi) is 7.20. The van der Waals surface area contributed by atoms with E-state index in [4.69, 9.17) is 4.74 Å². The molecule has 1 saturated heterocycles. The van der Waals surface area contributed by atoms with Crippen LogP contribution in [0.3, 0.4) is 0 Å². The summed E-state index contributed by atoms with van der Waals surface area (Å²) in [5.41, 5.74) is 2.24. The fourth-order valence-corrected chi connectivity index (χ4v) is 3.52. The summed E-state index contributed by atoms with van der Waals surface area (Å²) in [4.78, 5) is 14.6. The normalized spacial score (nSPS) is 14.9. The Labute approximate surface area is 161 Å². The highest BCUT2D eigenvalue weighted by molar-refractivity contribution is 8.00. The van der Waals surface area contributed by atoms with Gasteiger partial charge in [-0.2, -0.15) is 0 Å². The Morgan fingerprint density at radius 1 is 1.07 bits per heavy atom. The van der Waals surface area contributed by atoms with Gasteiger partial charge in [-0.1, -0.05) is 24.3 Å². The summed E-state index contributed by atoms with van der Waals surface area (Å²) in [6.07, 6.45) is 0. The van der Waals surface area contributed by atoms with Gasteiger partial charge in [0.2, 0.25) is 5.91 Å². The molecule has 2 aromatic carbocycles. The average Bonchev–Trinajstić information content (AvgIpc) is 2.67. The standard InChI is InChI=1S/C20H22F2N2O2S/c21-17-5-6-19(18(22)11-17)27-14-20(25)23-12-15-1-3-16(4-2-15)13-24-7-9-26-10-8-24/h1-6,11H,7-10,12-14H2,(H,23,25). The molecule has 0 bridgehead atoms. The molecule has 4 nitrogen and oxygen atoms in total. The van der Waals surface area contributed by atoms with Gasteiger partial charge in [-0.15, -0.1) is 11.8 Å². The van der Waals surface area contributed by atoms with Gasteiger partial charge in [0.05, 0.1) is 19.0 Å². The van der Waals surface area contributed by atoms with Crippen LogP contribution in [-0.4, -0.2) is 42.9 Å². The maximum atomic E-state index is 13.6. The number of hydrogen-bond donors (Lipinski definition) is 1. The number of ether oxygens (including phenoxy) is 1. The number of benzene rings is 2. The fraction of sp³-hybridized carbons (Fsp3) is 0.350. The zero-order chi connectivity index (χ0) is 19.1. The van der Waals surface area contributed by atoms with Crippen molar-refractivity contribution in [3.63, 3.8) is 0 Å². The van der Waals surface area contributed by atoms with Gasteiger partial charge in [-0.25, -0.2) is 8.78 Å². The van der Waals surface area contributed by atoms with Crippen molar-refractivity contribution < 1.29 is 18.3 Å². The van der Waals surface area contributed by atoms with Crippen molar-refractivity contribution in [1.29, 1.82) is 0 Å². The van der Waals surface area contributed by atoms with E-state index in [9.17, 15) is 13.6 Å². The number of nitrogens with zero attached hydrogens (tertiary/aromatic N) is 1. The Morgan fingerprint density at radius 2 is 1.78 bits per heavy atom. The zero-order valence-electron chi connectivity index (χ0n) is 14.9. The van der Waals surface area contributed by atoms with Crippen LogP contribution in [0.5, 0.6) is 0 Å². The second-order valence-corrected chi connectivity index (χ2v) is 7.36. The Bertz CT molecular complexity index is 765. The molecule has 0 atom stereocenters. The van der Waals surface area contributed by atoms with Crippen LogP contribution in [0.1, 0.15) is 11.1 Å². The summed E-state index contributed by atoms with van der Waals surface area (Å²) in [6, 6.07) is 11.5. The van der Waals surface area contributed by atoms with Crippen molar-refractivity contribution in [3.05, 3.63) is 65.2 Å². The monoisotopic (exact) mass is 392 g/mol. The first-order valence-corrected chi connectivity index (χ1v) is 9.81. The van der Waals surface area contributed by atoms with Crippen LogP contribution in [0.15, 0.2) is 47.4 Å². The van der Waals surface area contributed by atoms with E-state index >= 15 is 0 Å². The molecule has 0 aromatic heterocycles. The van der Waals surface area contributed by atoms with Gasteiger partial charge in [0, 0.05) is 37.1 Å². The summed E-state index contributed by atoms with van der Waals surface area (Å²) in [5.74, 6) is -1.39. The van der Waals surface area contributed by atoms with Crippen molar-refractivity contribution in [1.82, 2.24) is 10.2 Å². The number of hydrogen-bond acceptors (Lipinski definition) is 4. The molecule has 2 aromatic rings. The van der Waals surface area contributed by atoms with E-state index in [1.54, 1.807) is 0 Å². The van der Waals surface area contributed by atoms with E-state index in [0.29, 0.717) is 6.54 Å². The summed E-state index contributed by atoms with van der Waals surface area (Å²) >= 11 is 1.05. The number of rotatable bonds is 7. The quantitative estimate of drug-likeness (QED) is 0.735. The lowest BCUT2D eigenvalue weighted by molar-refractivity contribution is -0.118. The largest absolute Gasteiger partial charge is 0.379 e. The van der Waals surface area contributed by atoms with Crippen LogP contribution in [0.4, 0.5) is 8.78 Å². The molecule has 7 heteroatoms. The van der Waals surface area contributed by atoms with Crippen molar-refractivity contribution in [2.24, 2.45) is 0 Å². The number of amides is 1. The molecule has 27 heavy (non-hydrogen) atoms. The van der Waals surface area contributed by atoms with Gasteiger partial charge in [0.15, 0.2) is 0 Å².